The molecule has 0 saturated carbocycles. The Bertz CT molecular complexity index is 1410. The predicted octanol–water partition coefficient (Wildman–Crippen LogP) is 3.27. The van der Waals surface area contributed by atoms with Gasteiger partial charge in [0.05, 0.1) is 42.2 Å². The van der Waals surface area contributed by atoms with E-state index in [1.165, 1.54) is 6.07 Å². The zero-order valence-electron chi connectivity index (χ0n) is 25.0. The molecule has 12 nitrogen and oxygen atoms in total. The van der Waals surface area contributed by atoms with Gasteiger partial charge >= 0.3 is 6.09 Å². The van der Waals surface area contributed by atoms with Gasteiger partial charge in [-0.15, -0.1) is 0 Å². The van der Waals surface area contributed by atoms with Crippen LogP contribution in [-0.4, -0.2) is 85.0 Å². The molecule has 2 heterocycles. The standard InChI is InChI=1S/C31H41N3O9S/c1-31(2,13-6-7-14-32)20-34(44(39,40)22-10-11-25(35)26(36)17-22)18-27(37)24(16-21-8-4-3-5-9-21)33-30(38)43-28-19-42-29-23(28)12-15-41-29/h3-5,8-11,17,23-24,27-29,35-37H,6-7,12-13,15-16,18-20H2,1-2H3,(H,33,38)/t23-,24-,27+,28-,29+/m0/s1. The zero-order valence-corrected chi connectivity index (χ0v) is 25.8. The highest BCUT2D eigenvalue weighted by molar-refractivity contribution is 7.89. The number of unbranched alkanes of at least 4 members (excludes halogenated alkanes) is 1. The van der Waals surface area contributed by atoms with Crippen LogP contribution in [0.5, 0.6) is 11.5 Å². The summed E-state index contributed by atoms with van der Waals surface area (Å²) in [5.74, 6) is -1.15. The van der Waals surface area contributed by atoms with Gasteiger partial charge < -0.3 is 34.8 Å². The molecule has 1 amide bonds. The number of carbonyl (C=O) groups excluding carboxylic acids is 1. The van der Waals surface area contributed by atoms with Crippen LogP contribution in [-0.2, 0) is 30.7 Å². The molecule has 44 heavy (non-hydrogen) atoms. The topological polar surface area (TPSA) is 179 Å². The molecular formula is C31H41N3O9S. The molecule has 2 saturated heterocycles. The molecule has 2 aromatic rings. The van der Waals surface area contributed by atoms with E-state index in [1.807, 2.05) is 44.2 Å². The van der Waals surface area contributed by atoms with E-state index < -0.39 is 64.1 Å². The zero-order chi connectivity index (χ0) is 31.9. The fourth-order valence-electron chi connectivity index (χ4n) is 5.62. The number of sulfonamides is 1. The number of fused-ring (bicyclic) bond motifs is 1. The van der Waals surface area contributed by atoms with Gasteiger partial charge in [0.2, 0.25) is 10.0 Å². The van der Waals surface area contributed by atoms with E-state index in [1.54, 1.807) is 0 Å². The highest BCUT2D eigenvalue weighted by Gasteiger charge is 2.44. The lowest BCUT2D eigenvalue weighted by atomic mass is 9.87. The Morgan fingerprint density at radius 3 is 2.64 bits per heavy atom. The molecule has 0 aromatic heterocycles. The fourth-order valence-corrected chi connectivity index (χ4v) is 7.29. The number of ether oxygens (including phenoxy) is 3. The van der Waals surface area contributed by atoms with Gasteiger partial charge in [-0.25, -0.2) is 13.2 Å². The molecule has 0 aliphatic carbocycles. The second kappa shape index (κ2) is 14.6. The maximum Gasteiger partial charge on any atom is 0.407 e. The number of nitriles is 1. The summed E-state index contributed by atoms with van der Waals surface area (Å²) in [5, 5.41) is 43.1. The van der Waals surface area contributed by atoms with Crippen molar-refractivity contribution in [3.63, 3.8) is 0 Å². The SMILES string of the molecule is CC(C)(CCCC#N)CN(C[C@@H](O)[C@H](Cc1ccccc1)NC(=O)O[C@H]1CO[C@H]2OCC[C@H]21)S(=O)(=O)c1ccc(O)c(O)c1. The summed E-state index contributed by atoms with van der Waals surface area (Å²) < 4.78 is 45.7. The third-order valence-electron chi connectivity index (χ3n) is 8.03. The van der Waals surface area contributed by atoms with Crippen molar-refractivity contribution >= 4 is 16.1 Å². The van der Waals surface area contributed by atoms with E-state index in [-0.39, 0.29) is 30.4 Å². The molecule has 4 N–H and O–H groups in total. The largest absolute Gasteiger partial charge is 0.504 e. The summed E-state index contributed by atoms with van der Waals surface area (Å²) in [4.78, 5) is 12.8. The summed E-state index contributed by atoms with van der Waals surface area (Å²) in [6.45, 7) is 4.03. The molecule has 0 spiro atoms. The number of hydrogen-bond donors (Lipinski definition) is 4. The smallest absolute Gasteiger partial charge is 0.407 e. The molecule has 2 aliphatic rings. The number of rotatable bonds is 14. The first-order valence-electron chi connectivity index (χ1n) is 14.7. The number of aromatic hydroxyl groups is 2. The van der Waals surface area contributed by atoms with Crippen molar-refractivity contribution < 1.29 is 42.7 Å². The molecule has 13 heteroatoms. The van der Waals surface area contributed by atoms with Crippen molar-refractivity contribution in [2.24, 2.45) is 11.3 Å². The van der Waals surface area contributed by atoms with Gasteiger partial charge in [-0.3, -0.25) is 0 Å². The van der Waals surface area contributed by atoms with Crippen molar-refractivity contribution in [2.45, 2.75) is 75.4 Å². The fraction of sp³-hybridized carbons (Fsp3) is 0.548. The molecule has 2 fully saturated rings. The number of aliphatic hydroxyl groups excluding tert-OH is 1. The third kappa shape index (κ3) is 8.61. The maximum absolute atomic E-state index is 13.9. The van der Waals surface area contributed by atoms with Gasteiger partial charge in [0.15, 0.2) is 17.8 Å². The molecule has 2 aromatic carbocycles. The molecule has 5 atom stereocenters. The van der Waals surface area contributed by atoms with E-state index >= 15 is 0 Å². The lowest BCUT2D eigenvalue weighted by molar-refractivity contribution is -0.0907. The number of benzene rings is 2. The Kier molecular flexibility index (Phi) is 11.1. The molecule has 0 bridgehead atoms. The Hall–Kier alpha value is -3.41. The van der Waals surface area contributed by atoms with Crippen LogP contribution in [0.25, 0.3) is 0 Å². The van der Waals surface area contributed by atoms with Crippen molar-refractivity contribution in [3.8, 4) is 17.6 Å². The normalized spacial score (nSPS) is 21.4. The summed E-state index contributed by atoms with van der Waals surface area (Å²) in [7, 11) is -4.30. The van der Waals surface area contributed by atoms with Gasteiger partial charge in [-0.2, -0.15) is 9.57 Å². The minimum atomic E-state index is -4.30. The number of amides is 1. The van der Waals surface area contributed by atoms with Crippen LogP contribution in [0.3, 0.4) is 0 Å². The van der Waals surface area contributed by atoms with E-state index in [9.17, 15) is 28.5 Å². The molecule has 2 aliphatic heterocycles. The van der Waals surface area contributed by atoms with Crippen molar-refractivity contribution in [2.75, 3.05) is 26.3 Å². The molecule has 0 radical (unpaired) electrons. The lowest BCUT2D eigenvalue weighted by Gasteiger charge is -2.35. The summed E-state index contributed by atoms with van der Waals surface area (Å²) >= 11 is 0. The molecular weight excluding hydrogens is 590 g/mol. The first kappa shape index (κ1) is 33.5. The van der Waals surface area contributed by atoms with Crippen molar-refractivity contribution in [1.29, 1.82) is 5.26 Å². The van der Waals surface area contributed by atoms with E-state index in [0.29, 0.717) is 32.3 Å². The quantitative estimate of drug-likeness (QED) is 0.179. The van der Waals surface area contributed by atoms with Crippen LogP contribution >= 0.6 is 0 Å². The number of phenolic OH excluding ortho intramolecular Hbond substituents is 2. The van der Waals surface area contributed by atoms with Gasteiger partial charge in [0.1, 0.15) is 6.10 Å². The van der Waals surface area contributed by atoms with Gasteiger partial charge in [0.25, 0.3) is 0 Å². The van der Waals surface area contributed by atoms with Gasteiger partial charge in [0, 0.05) is 25.6 Å². The number of nitrogens with one attached hydrogen (secondary N) is 1. The summed E-state index contributed by atoms with van der Waals surface area (Å²) in [6.07, 6.45) is -0.761. The number of aliphatic hydroxyl groups is 1. The van der Waals surface area contributed by atoms with Gasteiger partial charge in [-0.05, 0) is 48.8 Å². The van der Waals surface area contributed by atoms with Crippen LogP contribution < -0.4 is 5.32 Å². The summed E-state index contributed by atoms with van der Waals surface area (Å²) in [6, 6.07) is 13.5. The van der Waals surface area contributed by atoms with Crippen molar-refractivity contribution in [1.82, 2.24) is 9.62 Å². The first-order valence-corrected chi connectivity index (χ1v) is 16.1. The summed E-state index contributed by atoms with van der Waals surface area (Å²) in [5.41, 5.74) is 0.215. The molecule has 0 unspecified atom stereocenters. The molecule has 240 valence electrons. The van der Waals surface area contributed by atoms with Crippen LogP contribution in [0.4, 0.5) is 4.79 Å². The Morgan fingerprint density at radius 2 is 1.93 bits per heavy atom. The number of nitrogens with zero attached hydrogens (tertiary/aromatic N) is 2. The number of carbonyl (C=O) groups is 1. The Balaban J connectivity index is 1.57. The first-order chi connectivity index (χ1) is 20.9. The Labute approximate surface area is 258 Å². The monoisotopic (exact) mass is 631 g/mol. The maximum atomic E-state index is 13.9. The van der Waals surface area contributed by atoms with Crippen molar-refractivity contribution in [3.05, 3.63) is 54.1 Å². The van der Waals surface area contributed by atoms with Crippen LogP contribution in [0, 0.1) is 22.7 Å². The highest BCUT2D eigenvalue weighted by Crippen LogP contribution is 2.34. The minimum absolute atomic E-state index is 0.0234. The number of alkyl carbamates (subject to hydrolysis) is 1. The predicted molar refractivity (Wildman–Crippen MR) is 159 cm³/mol. The van der Waals surface area contributed by atoms with Crippen LogP contribution in [0.1, 0.15) is 45.1 Å². The average Bonchev–Trinajstić information content (AvgIpc) is 3.59. The number of hydrogen-bond acceptors (Lipinski definition) is 10. The van der Waals surface area contributed by atoms with E-state index in [0.717, 1.165) is 22.0 Å². The van der Waals surface area contributed by atoms with E-state index in [4.69, 9.17) is 19.5 Å². The van der Waals surface area contributed by atoms with Gasteiger partial charge in [-0.1, -0.05) is 44.2 Å². The second-order valence-electron chi connectivity index (χ2n) is 12.1. The second-order valence-corrected chi connectivity index (χ2v) is 14.0. The minimum Gasteiger partial charge on any atom is -0.504 e. The van der Waals surface area contributed by atoms with E-state index in [2.05, 4.69) is 11.4 Å². The highest BCUT2D eigenvalue weighted by atomic mass is 32.2. The number of phenols is 2. The molecule has 4 rings (SSSR count). The van der Waals surface area contributed by atoms with Crippen LogP contribution in [0.15, 0.2) is 53.4 Å². The average molecular weight is 632 g/mol. The Morgan fingerprint density at radius 1 is 1.18 bits per heavy atom. The third-order valence-corrected chi connectivity index (χ3v) is 9.84. The van der Waals surface area contributed by atoms with Crippen LogP contribution in [0.2, 0.25) is 0 Å². The lowest BCUT2D eigenvalue weighted by Crippen LogP contribution is -2.52.